The minimum absolute atomic E-state index is 0.0234. The molecule has 3 atom stereocenters. The molecule has 0 aliphatic heterocycles. The van der Waals surface area contributed by atoms with E-state index in [1.807, 2.05) is 27.2 Å². The van der Waals surface area contributed by atoms with Crippen LogP contribution in [0.4, 0.5) is 0 Å². The minimum Gasteiger partial charge on any atom is -0.756 e. The first-order valence-corrected chi connectivity index (χ1v) is 22.4. The van der Waals surface area contributed by atoms with Crippen molar-refractivity contribution in [2.24, 2.45) is 0 Å². The lowest BCUT2D eigenvalue weighted by atomic mass is 10.1. The highest BCUT2D eigenvalue weighted by Gasteiger charge is 2.23. The topological polar surface area (TPSA) is 108 Å². The predicted octanol–water partition coefficient (Wildman–Crippen LogP) is 10.9. The van der Waals surface area contributed by atoms with E-state index in [1.165, 1.54) is 0 Å². The average Bonchev–Trinajstić information content (AvgIpc) is 3.15. The van der Waals surface area contributed by atoms with Gasteiger partial charge in [0.1, 0.15) is 13.2 Å². The zero-order valence-electron chi connectivity index (χ0n) is 35.5. The number of nitrogens with one attached hydrogen (secondary N) is 1. The summed E-state index contributed by atoms with van der Waals surface area (Å²) in [4.78, 5) is 25.1. The molecule has 0 bridgehead atoms. The van der Waals surface area contributed by atoms with Crippen molar-refractivity contribution < 1.29 is 32.9 Å². The maximum atomic E-state index is 12.7. The Morgan fingerprint density at radius 2 is 1.09 bits per heavy atom. The average molecular weight is 797 g/mol. The zero-order chi connectivity index (χ0) is 41.4. The van der Waals surface area contributed by atoms with E-state index in [-0.39, 0.29) is 18.9 Å². The van der Waals surface area contributed by atoms with Gasteiger partial charge in [-0.1, -0.05) is 142 Å². The number of phosphoric acid groups is 1. The summed E-state index contributed by atoms with van der Waals surface area (Å²) >= 11 is 0. The van der Waals surface area contributed by atoms with Crippen molar-refractivity contribution in [1.82, 2.24) is 5.32 Å². The molecular formula is C47H77N2O6P. The standard InChI is InChI=1S/C47H77N2O6P/c1-6-8-10-12-14-15-16-17-18-19-20-21-22-23-24-25-26-27-28-29-30-31-32-33-35-37-39-41-47(51)48-45(46(50)40-38-36-34-13-11-9-7-2)44-55-56(52,53)54-43-42-49(3,4)5/h8,10-11,13-15,17-18,20-21,23-24,26-27,29-30,32-33,38,40,45-46,50H,6-7,9,12,16,19,22,25,28,31,34-37,39,41-44H2,1-5H3,(H-,48,51,52,53)/b10-8-,13-11+,15-14-,18-17-,21-20-,24-23-,27-26-,30-29-,33-32-,40-38+. The number of aliphatic hydroxyl groups is 1. The maximum Gasteiger partial charge on any atom is 0.268 e. The van der Waals surface area contributed by atoms with Crippen LogP contribution >= 0.6 is 7.82 Å². The number of likely N-dealkylation sites (N-methyl/N-ethyl adjacent to an activating group) is 1. The summed E-state index contributed by atoms with van der Waals surface area (Å²) in [5.74, 6) is -0.262. The van der Waals surface area contributed by atoms with Crippen LogP contribution in [-0.2, 0) is 18.4 Å². The van der Waals surface area contributed by atoms with Gasteiger partial charge in [-0.15, -0.1) is 0 Å². The Hall–Kier alpha value is -3.10. The molecule has 0 saturated heterocycles. The lowest BCUT2D eigenvalue weighted by Crippen LogP contribution is -2.45. The van der Waals surface area contributed by atoms with Crippen LogP contribution in [-0.4, -0.2) is 68.5 Å². The Bertz CT molecular complexity index is 1320. The fourth-order valence-electron chi connectivity index (χ4n) is 4.83. The van der Waals surface area contributed by atoms with E-state index < -0.39 is 26.6 Å². The smallest absolute Gasteiger partial charge is 0.268 e. The molecule has 0 heterocycles. The number of aliphatic hydroxyl groups excluding tert-OH is 1. The van der Waals surface area contributed by atoms with Gasteiger partial charge < -0.3 is 28.8 Å². The number of hydrogen-bond acceptors (Lipinski definition) is 6. The fraction of sp³-hybridized carbons (Fsp3) is 0.553. The van der Waals surface area contributed by atoms with Gasteiger partial charge in [-0.3, -0.25) is 9.36 Å². The second-order valence-electron chi connectivity index (χ2n) is 14.6. The number of quaternary nitrogens is 1. The van der Waals surface area contributed by atoms with Gasteiger partial charge in [-0.05, 0) is 89.9 Å². The summed E-state index contributed by atoms with van der Waals surface area (Å²) in [5.41, 5.74) is 0. The van der Waals surface area contributed by atoms with Crippen molar-refractivity contribution in [2.75, 3.05) is 40.9 Å². The highest BCUT2D eigenvalue weighted by atomic mass is 31.2. The molecule has 0 rings (SSSR count). The molecule has 3 unspecified atom stereocenters. The van der Waals surface area contributed by atoms with Gasteiger partial charge in [0, 0.05) is 6.42 Å². The number of unbranched alkanes of at least 4 members (excludes halogenated alkanes) is 4. The molecule has 0 aromatic heterocycles. The summed E-state index contributed by atoms with van der Waals surface area (Å²) in [6.45, 7) is 4.31. The van der Waals surface area contributed by atoms with E-state index in [2.05, 4.69) is 129 Å². The van der Waals surface area contributed by atoms with Gasteiger partial charge in [-0.2, -0.15) is 0 Å². The van der Waals surface area contributed by atoms with Crippen LogP contribution in [0.1, 0.15) is 117 Å². The number of carbonyl (C=O) groups is 1. The first-order chi connectivity index (χ1) is 27.0. The van der Waals surface area contributed by atoms with Gasteiger partial charge in [0.25, 0.3) is 7.82 Å². The van der Waals surface area contributed by atoms with E-state index >= 15 is 0 Å². The number of carbonyl (C=O) groups excluding carboxylic acids is 1. The van der Waals surface area contributed by atoms with Crippen molar-refractivity contribution in [1.29, 1.82) is 0 Å². The summed E-state index contributed by atoms with van der Waals surface area (Å²) in [6, 6.07) is -0.932. The van der Waals surface area contributed by atoms with Crippen LogP contribution < -0.4 is 10.2 Å². The van der Waals surface area contributed by atoms with E-state index in [1.54, 1.807) is 6.08 Å². The Morgan fingerprint density at radius 1 is 0.643 bits per heavy atom. The van der Waals surface area contributed by atoms with Crippen LogP contribution in [0.2, 0.25) is 0 Å². The minimum atomic E-state index is -4.61. The molecule has 1 amide bonds. The van der Waals surface area contributed by atoms with Gasteiger partial charge in [0.15, 0.2) is 0 Å². The van der Waals surface area contributed by atoms with Crippen molar-refractivity contribution in [3.05, 3.63) is 122 Å². The molecule has 0 saturated carbocycles. The molecule has 0 spiro atoms. The number of nitrogens with zero attached hydrogens (tertiary/aromatic N) is 1. The van der Waals surface area contributed by atoms with Gasteiger partial charge in [-0.25, -0.2) is 0 Å². The number of allylic oxidation sites excluding steroid dienone is 19. The Balaban J connectivity index is 4.37. The van der Waals surface area contributed by atoms with Crippen LogP contribution in [0, 0.1) is 0 Å². The third-order valence-corrected chi connectivity index (χ3v) is 9.10. The van der Waals surface area contributed by atoms with Crippen molar-refractivity contribution in [3.63, 3.8) is 0 Å². The van der Waals surface area contributed by atoms with Crippen LogP contribution in [0.25, 0.3) is 0 Å². The molecular weight excluding hydrogens is 719 g/mol. The monoisotopic (exact) mass is 797 g/mol. The quantitative estimate of drug-likeness (QED) is 0.0286. The number of phosphoric ester groups is 1. The second kappa shape index (κ2) is 37.5. The van der Waals surface area contributed by atoms with Gasteiger partial charge >= 0.3 is 0 Å². The molecule has 0 aromatic rings. The Kier molecular flexibility index (Phi) is 35.4. The normalized spacial score (nSPS) is 15.6. The Morgan fingerprint density at radius 3 is 1.57 bits per heavy atom. The molecule has 0 aromatic carbocycles. The SMILES string of the molecule is CC/C=C\C/C=C\C/C=C\C/C=C\C/C=C\C/C=C\C/C=C\C/C=C\CCCCC(=O)NC(COP(=O)([O-])OCC[N+](C)(C)C)C(O)/C=C/CC/C=C/CCC. The molecule has 0 aliphatic carbocycles. The maximum absolute atomic E-state index is 12.7. The summed E-state index contributed by atoms with van der Waals surface area (Å²) in [7, 11) is 1.18. The largest absolute Gasteiger partial charge is 0.756 e. The van der Waals surface area contributed by atoms with Crippen LogP contribution in [0.3, 0.4) is 0 Å². The van der Waals surface area contributed by atoms with Gasteiger partial charge in [0.2, 0.25) is 5.91 Å². The van der Waals surface area contributed by atoms with Crippen molar-refractivity contribution >= 4 is 13.7 Å². The number of rotatable bonds is 35. The third kappa shape index (κ3) is 39.1. The Labute approximate surface area is 342 Å². The highest BCUT2D eigenvalue weighted by molar-refractivity contribution is 7.45. The molecule has 0 aliphatic rings. The van der Waals surface area contributed by atoms with Gasteiger partial charge in [0.05, 0.1) is 39.9 Å². The van der Waals surface area contributed by atoms with Crippen LogP contribution in [0.5, 0.6) is 0 Å². The molecule has 0 radical (unpaired) electrons. The first-order valence-electron chi connectivity index (χ1n) is 20.9. The van der Waals surface area contributed by atoms with Crippen molar-refractivity contribution in [2.45, 2.75) is 129 Å². The highest BCUT2D eigenvalue weighted by Crippen LogP contribution is 2.38. The van der Waals surface area contributed by atoms with E-state index in [9.17, 15) is 19.4 Å². The molecule has 9 heteroatoms. The molecule has 316 valence electrons. The molecule has 0 fully saturated rings. The predicted molar refractivity (Wildman–Crippen MR) is 237 cm³/mol. The first kappa shape index (κ1) is 52.9. The number of amides is 1. The fourth-order valence-corrected chi connectivity index (χ4v) is 5.56. The van der Waals surface area contributed by atoms with E-state index in [0.717, 1.165) is 89.9 Å². The zero-order valence-corrected chi connectivity index (χ0v) is 36.4. The lowest BCUT2D eigenvalue weighted by molar-refractivity contribution is -0.870. The second-order valence-corrected chi connectivity index (χ2v) is 16.0. The van der Waals surface area contributed by atoms with E-state index in [4.69, 9.17) is 9.05 Å². The summed E-state index contributed by atoms with van der Waals surface area (Å²) in [6.07, 6.45) is 55.7. The van der Waals surface area contributed by atoms with E-state index in [0.29, 0.717) is 17.4 Å². The molecule has 2 N–H and O–H groups in total. The molecule has 56 heavy (non-hydrogen) atoms. The van der Waals surface area contributed by atoms with Crippen LogP contribution in [0.15, 0.2) is 122 Å². The summed E-state index contributed by atoms with van der Waals surface area (Å²) < 4.78 is 23.0. The lowest BCUT2D eigenvalue weighted by Gasteiger charge is -2.29. The third-order valence-electron chi connectivity index (χ3n) is 8.14. The molecule has 8 nitrogen and oxygen atoms in total. The van der Waals surface area contributed by atoms with Crippen molar-refractivity contribution in [3.8, 4) is 0 Å². The number of hydrogen-bond donors (Lipinski definition) is 2. The summed E-state index contributed by atoms with van der Waals surface area (Å²) in [5, 5.41) is 13.6.